The molecule has 0 fully saturated rings. The number of nitrogens with zero attached hydrogens (tertiary/aromatic N) is 1. The Morgan fingerprint density at radius 2 is 1.88 bits per heavy atom. The van der Waals surface area contributed by atoms with Crippen LogP contribution < -0.4 is 10.1 Å². The van der Waals surface area contributed by atoms with Crippen LogP contribution in [-0.2, 0) is 16.1 Å². The summed E-state index contributed by atoms with van der Waals surface area (Å²) in [6.07, 6.45) is 2.45. The lowest BCUT2D eigenvalue weighted by molar-refractivity contribution is -0.143. The Kier molecular flexibility index (Phi) is 10.9. The first kappa shape index (κ1) is 26.9. The number of carbonyl (C=O) groups is 2. The molecular weight excluding hydrogens is 480 g/mol. The third-order valence-corrected chi connectivity index (χ3v) is 6.24. The maximum Gasteiger partial charge on any atom is 0.261 e. The first-order chi connectivity index (χ1) is 15.8. The van der Waals surface area contributed by atoms with Gasteiger partial charge in [0.15, 0.2) is 6.61 Å². The lowest BCUT2D eigenvalue weighted by Crippen LogP contribution is -2.50. The number of carbonyl (C=O) groups excluding carboxylic acids is 2. The van der Waals surface area contributed by atoms with Crippen LogP contribution in [0.25, 0.3) is 0 Å². The number of halogens is 1. The van der Waals surface area contributed by atoms with E-state index in [4.69, 9.17) is 4.74 Å². The molecule has 0 spiro atoms. The highest BCUT2D eigenvalue weighted by Crippen LogP contribution is 2.29. The fourth-order valence-corrected chi connectivity index (χ4v) is 4.16. The first-order valence-corrected chi connectivity index (χ1v) is 12.6. The van der Waals surface area contributed by atoms with Crippen molar-refractivity contribution in [1.29, 1.82) is 0 Å². The zero-order valence-corrected chi connectivity index (χ0v) is 22.1. The Balaban J connectivity index is 2.20. The highest BCUT2D eigenvalue weighted by Gasteiger charge is 2.29. The number of rotatable bonds is 12. The number of benzene rings is 2. The van der Waals surface area contributed by atoms with Gasteiger partial charge in [-0.15, -0.1) is 0 Å². The lowest BCUT2D eigenvalue weighted by atomic mass is 10.0. The van der Waals surface area contributed by atoms with Gasteiger partial charge < -0.3 is 15.0 Å². The van der Waals surface area contributed by atoms with Crippen LogP contribution in [0.15, 0.2) is 46.9 Å². The van der Waals surface area contributed by atoms with Gasteiger partial charge in [-0.3, -0.25) is 9.59 Å². The second kappa shape index (κ2) is 13.4. The number of hydrogen-bond acceptors (Lipinski definition) is 3. The van der Waals surface area contributed by atoms with Gasteiger partial charge in [-0.25, -0.2) is 0 Å². The number of amides is 2. The second-order valence-electron chi connectivity index (χ2n) is 8.71. The van der Waals surface area contributed by atoms with E-state index in [9.17, 15) is 9.59 Å². The van der Waals surface area contributed by atoms with Crippen molar-refractivity contribution >= 4 is 27.7 Å². The number of unbranched alkanes of at least 4 members (excludes halogenated alkanes) is 1. The molecule has 0 aliphatic rings. The van der Waals surface area contributed by atoms with Gasteiger partial charge in [-0.1, -0.05) is 70.0 Å². The molecule has 0 aliphatic heterocycles. The fourth-order valence-electron chi connectivity index (χ4n) is 3.65. The Labute approximate surface area is 207 Å². The first-order valence-electron chi connectivity index (χ1n) is 11.8. The molecule has 0 unspecified atom stereocenters. The topological polar surface area (TPSA) is 58.6 Å². The summed E-state index contributed by atoms with van der Waals surface area (Å²) < 4.78 is 6.69. The van der Waals surface area contributed by atoms with E-state index in [-0.39, 0.29) is 18.4 Å². The average Bonchev–Trinajstić information content (AvgIpc) is 2.78. The summed E-state index contributed by atoms with van der Waals surface area (Å²) in [5.41, 5.74) is 3.30. The van der Waals surface area contributed by atoms with E-state index in [0.717, 1.165) is 28.4 Å². The molecule has 2 amide bonds. The van der Waals surface area contributed by atoms with E-state index in [0.29, 0.717) is 31.2 Å². The number of ether oxygens (including phenoxy) is 1. The summed E-state index contributed by atoms with van der Waals surface area (Å²) in [6.45, 7) is 11.1. The molecule has 2 rings (SSSR count). The molecule has 1 N–H and O–H groups in total. The van der Waals surface area contributed by atoms with Crippen LogP contribution in [0, 0.1) is 6.92 Å². The van der Waals surface area contributed by atoms with Gasteiger partial charge in [-0.2, -0.15) is 0 Å². The fraction of sp³-hybridized carbons (Fsp3) is 0.481. The summed E-state index contributed by atoms with van der Waals surface area (Å²) in [6, 6.07) is 13.4. The predicted molar refractivity (Wildman–Crippen MR) is 137 cm³/mol. The van der Waals surface area contributed by atoms with Gasteiger partial charge in [0, 0.05) is 13.1 Å². The van der Waals surface area contributed by atoms with Crippen molar-refractivity contribution < 1.29 is 14.3 Å². The average molecular weight is 518 g/mol. The van der Waals surface area contributed by atoms with Crippen LogP contribution in [0.3, 0.4) is 0 Å². The van der Waals surface area contributed by atoms with Crippen molar-refractivity contribution in [3.63, 3.8) is 0 Å². The van der Waals surface area contributed by atoms with Gasteiger partial charge in [0.2, 0.25) is 5.91 Å². The molecule has 0 saturated carbocycles. The summed E-state index contributed by atoms with van der Waals surface area (Å²) in [5, 5.41) is 2.99. The zero-order chi connectivity index (χ0) is 24.4. The van der Waals surface area contributed by atoms with Crippen LogP contribution in [-0.4, -0.2) is 35.9 Å². The molecule has 2 aromatic rings. The Hall–Kier alpha value is -2.34. The van der Waals surface area contributed by atoms with Crippen LogP contribution in [0.2, 0.25) is 0 Å². The Bertz CT molecular complexity index is 929. The van der Waals surface area contributed by atoms with Gasteiger partial charge in [0.05, 0.1) is 4.47 Å². The number of aryl methyl sites for hydroxylation is 1. The van der Waals surface area contributed by atoms with Crippen molar-refractivity contribution in [1.82, 2.24) is 10.2 Å². The lowest BCUT2D eigenvalue weighted by Gasteiger charge is -2.30. The smallest absolute Gasteiger partial charge is 0.261 e. The number of hydrogen-bond donors (Lipinski definition) is 1. The third-order valence-electron chi connectivity index (χ3n) is 5.62. The van der Waals surface area contributed by atoms with Gasteiger partial charge in [-0.05, 0) is 64.9 Å². The summed E-state index contributed by atoms with van der Waals surface area (Å²) in [5.74, 6) is 0.685. The second-order valence-corrected chi connectivity index (χ2v) is 9.57. The molecule has 180 valence electrons. The summed E-state index contributed by atoms with van der Waals surface area (Å²) in [4.78, 5) is 27.9. The van der Waals surface area contributed by atoms with Crippen LogP contribution in [0.5, 0.6) is 5.75 Å². The van der Waals surface area contributed by atoms with Gasteiger partial charge >= 0.3 is 0 Å². The standard InChI is InChI=1S/C27H37BrN2O3/c1-6-8-14-29-27(32)24(7-2)30(17-21-11-9-10-20(5)15-21)26(31)18-33-25-13-12-22(19(3)4)16-23(25)28/h9-13,15-16,19,24H,6-8,14,17-18H2,1-5H3,(H,29,32)/t24-/m1/s1. The molecule has 0 bridgehead atoms. The van der Waals surface area contributed by atoms with E-state index < -0.39 is 6.04 Å². The predicted octanol–water partition coefficient (Wildman–Crippen LogP) is 5.98. The molecule has 2 aromatic carbocycles. The molecule has 0 saturated heterocycles. The van der Waals surface area contributed by atoms with Crippen molar-refractivity contribution in [2.24, 2.45) is 0 Å². The van der Waals surface area contributed by atoms with Crippen molar-refractivity contribution in [2.75, 3.05) is 13.2 Å². The van der Waals surface area contributed by atoms with Crippen molar-refractivity contribution in [2.45, 2.75) is 72.4 Å². The molecule has 6 heteroatoms. The minimum absolute atomic E-state index is 0.116. The SMILES string of the molecule is CCCCNC(=O)[C@@H](CC)N(Cc1cccc(C)c1)C(=O)COc1ccc(C(C)C)cc1Br. The van der Waals surface area contributed by atoms with E-state index in [1.165, 1.54) is 5.56 Å². The quantitative estimate of drug-likeness (QED) is 0.352. The molecule has 0 aliphatic carbocycles. The normalized spacial score (nSPS) is 11.8. The minimum Gasteiger partial charge on any atom is -0.483 e. The zero-order valence-electron chi connectivity index (χ0n) is 20.5. The molecule has 33 heavy (non-hydrogen) atoms. The van der Waals surface area contributed by atoms with Crippen molar-refractivity contribution in [3.05, 3.63) is 63.6 Å². The molecule has 0 radical (unpaired) electrons. The van der Waals surface area contributed by atoms with Crippen LogP contribution >= 0.6 is 15.9 Å². The van der Waals surface area contributed by atoms with E-state index in [1.807, 2.05) is 56.3 Å². The maximum atomic E-state index is 13.3. The summed E-state index contributed by atoms with van der Waals surface area (Å²) in [7, 11) is 0. The Morgan fingerprint density at radius 1 is 1.12 bits per heavy atom. The Morgan fingerprint density at radius 3 is 2.48 bits per heavy atom. The van der Waals surface area contributed by atoms with E-state index in [1.54, 1.807) is 4.90 Å². The minimum atomic E-state index is -0.551. The monoisotopic (exact) mass is 516 g/mol. The largest absolute Gasteiger partial charge is 0.483 e. The summed E-state index contributed by atoms with van der Waals surface area (Å²) >= 11 is 3.55. The molecule has 0 heterocycles. The highest BCUT2D eigenvalue weighted by atomic mass is 79.9. The molecule has 0 aromatic heterocycles. The molecular formula is C27H37BrN2O3. The van der Waals surface area contributed by atoms with E-state index in [2.05, 4.69) is 42.0 Å². The van der Waals surface area contributed by atoms with Gasteiger partial charge in [0.1, 0.15) is 11.8 Å². The van der Waals surface area contributed by atoms with E-state index >= 15 is 0 Å². The molecule has 1 atom stereocenters. The van der Waals surface area contributed by atoms with Gasteiger partial charge in [0.25, 0.3) is 5.91 Å². The molecule has 5 nitrogen and oxygen atoms in total. The maximum absolute atomic E-state index is 13.3. The van der Waals surface area contributed by atoms with Crippen LogP contribution in [0.4, 0.5) is 0 Å². The third kappa shape index (κ3) is 8.18. The van der Waals surface area contributed by atoms with Crippen molar-refractivity contribution in [3.8, 4) is 5.75 Å². The highest BCUT2D eigenvalue weighted by molar-refractivity contribution is 9.10. The number of nitrogens with one attached hydrogen (secondary N) is 1. The van der Waals surface area contributed by atoms with Crippen LogP contribution in [0.1, 0.15) is 69.6 Å².